The van der Waals surface area contributed by atoms with Gasteiger partial charge in [-0.1, -0.05) is 12.1 Å². The summed E-state index contributed by atoms with van der Waals surface area (Å²) < 4.78 is 42.1. The van der Waals surface area contributed by atoms with Gasteiger partial charge in [0, 0.05) is 0 Å². The first kappa shape index (κ1) is 11.0. The van der Waals surface area contributed by atoms with Crippen LogP contribution in [0, 0.1) is 6.92 Å². The number of halogens is 3. The van der Waals surface area contributed by atoms with E-state index in [1.807, 2.05) is 0 Å². The zero-order valence-electron chi connectivity index (χ0n) is 8.06. The molecule has 0 radical (unpaired) electrons. The molecule has 0 fully saturated rings. The van der Waals surface area contributed by atoms with Crippen LogP contribution in [0.25, 0.3) is 0 Å². The maximum absolute atomic E-state index is 12.3. The lowest BCUT2D eigenvalue weighted by atomic mass is 9.79. The van der Waals surface area contributed by atoms with Gasteiger partial charge >= 0.3 is 6.98 Å². The lowest BCUT2D eigenvalue weighted by Crippen LogP contribution is -2.34. The van der Waals surface area contributed by atoms with Gasteiger partial charge in [0.05, 0.1) is 6.61 Å². The molecule has 1 aromatic carbocycles. The van der Waals surface area contributed by atoms with E-state index in [4.69, 9.17) is 4.74 Å². The fourth-order valence-corrected chi connectivity index (χ4v) is 1.19. The number of benzene rings is 1. The molecule has 1 aromatic rings. The zero-order valence-corrected chi connectivity index (χ0v) is 8.06. The highest BCUT2D eigenvalue weighted by atomic mass is 19.4. The highest BCUT2D eigenvalue weighted by molar-refractivity contribution is 6.73. The second kappa shape index (κ2) is 3.94. The Balaban J connectivity index is 3.01. The van der Waals surface area contributed by atoms with Gasteiger partial charge in [0.25, 0.3) is 0 Å². The number of rotatable bonds is 3. The lowest BCUT2D eigenvalue weighted by Gasteiger charge is -2.16. The Kier molecular flexibility index (Phi) is 3.08. The average Bonchev–Trinajstić information content (AvgIpc) is 2.07. The van der Waals surface area contributed by atoms with Crippen LogP contribution in [0.15, 0.2) is 18.2 Å². The highest BCUT2D eigenvalue weighted by Gasteiger charge is 2.25. The van der Waals surface area contributed by atoms with Crippen LogP contribution in [0.1, 0.15) is 12.5 Å². The molecule has 78 valence electrons. The summed E-state index contributed by atoms with van der Waals surface area (Å²) in [5.41, 5.74) is -0.0606. The summed E-state index contributed by atoms with van der Waals surface area (Å²) >= 11 is 0. The van der Waals surface area contributed by atoms with E-state index in [-0.39, 0.29) is 0 Å². The van der Waals surface area contributed by atoms with Crippen LogP contribution in [0.2, 0.25) is 0 Å². The van der Waals surface area contributed by atoms with E-state index in [0.29, 0.717) is 17.9 Å². The third-order valence-corrected chi connectivity index (χ3v) is 1.88. The molecule has 5 heteroatoms. The van der Waals surface area contributed by atoms with Crippen molar-refractivity contribution in [2.45, 2.75) is 13.8 Å². The molecule has 0 aromatic heterocycles. The van der Waals surface area contributed by atoms with Gasteiger partial charge in [0.2, 0.25) is 0 Å². The molecule has 0 atom stereocenters. The van der Waals surface area contributed by atoms with Crippen LogP contribution >= 0.6 is 0 Å². The van der Waals surface area contributed by atoms with E-state index in [0.717, 1.165) is 12.1 Å². The summed E-state index contributed by atoms with van der Waals surface area (Å²) in [7, 11) is 0. The molecular weight excluding hydrogens is 192 g/mol. The summed E-state index contributed by atoms with van der Waals surface area (Å²) in [6, 6.07) is 3.53. The van der Waals surface area contributed by atoms with Crippen LogP contribution in [-0.2, 0) is 0 Å². The van der Waals surface area contributed by atoms with Crippen LogP contribution in [-0.4, -0.2) is 13.6 Å². The van der Waals surface area contributed by atoms with Crippen molar-refractivity contribution < 1.29 is 17.7 Å². The van der Waals surface area contributed by atoms with Crippen molar-refractivity contribution in [3.63, 3.8) is 0 Å². The monoisotopic (exact) mass is 203 g/mol. The minimum Gasteiger partial charge on any atom is -0.494 e. The van der Waals surface area contributed by atoms with Crippen molar-refractivity contribution in [2.75, 3.05) is 6.61 Å². The van der Waals surface area contributed by atoms with Crippen molar-refractivity contribution in [1.82, 2.24) is 0 Å². The molecule has 0 saturated carbocycles. The van der Waals surface area contributed by atoms with Crippen LogP contribution < -0.4 is 10.2 Å². The molecule has 0 saturated heterocycles. The molecule has 1 rings (SSSR count). The normalized spacial score (nSPS) is 11.5. The van der Waals surface area contributed by atoms with E-state index in [9.17, 15) is 12.9 Å². The molecule has 0 amide bonds. The largest absolute Gasteiger partial charge is 0.509 e. The van der Waals surface area contributed by atoms with Crippen molar-refractivity contribution in [3.8, 4) is 5.75 Å². The molecule has 0 bridgehead atoms. The molecular formula is C9H11BF3O-. The van der Waals surface area contributed by atoms with Crippen LogP contribution in [0.4, 0.5) is 12.9 Å². The van der Waals surface area contributed by atoms with E-state index in [1.165, 1.54) is 6.07 Å². The number of hydrogen-bond acceptors (Lipinski definition) is 1. The van der Waals surface area contributed by atoms with Gasteiger partial charge in [-0.05, 0) is 25.5 Å². The second-order valence-corrected chi connectivity index (χ2v) is 3.03. The van der Waals surface area contributed by atoms with Crippen molar-refractivity contribution in [2.24, 2.45) is 0 Å². The standard InChI is InChI=1S/C9H11BF3O/c1-3-14-9-5-4-8(6-7(9)2)10(11,12)13/h4-6H,3H2,1-2H3/q-1. The SMILES string of the molecule is CCOc1ccc([B-](F)(F)F)cc1C. The molecule has 0 aliphatic heterocycles. The quantitative estimate of drug-likeness (QED) is 0.685. The van der Waals surface area contributed by atoms with Gasteiger partial charge in [0.1, 0.15) is 5.75 Å². The van der Waals surface area contributed by atoms with E-state index in [1.54, 1.807) is 13.8 Å². The minimum absolute atomic E-state index is 0.456. The Hall–Kier alpha value is -1.13. The maximum Gasteiger partial charge on any atom is 0.509 e. The summed E-state index contributed by atoms with van der Waals surface area (Å²) in [4.78, 5) is 0. The Labute approximate surface area is 80.9 Å². The smallest absolute Gasteiger partial charge is 0.494 e. The number of aryl methyl sites for hydroxylation is 1. The predicted octanol–water partition coefficient (Wildman–Crippen LogP) is 2.45. The zero-order chi connectivity index (χ0) is 10.8. The molecule has 1 nitrogen and oxygen atoms in total. The Morgan fingerprint density at radius 3 is 2.36 bits per heavy atom. The van der Waals surface area contributed by atoms with Crippen molar-refractivity contribution in [1.29, 1.82) is 0 Å². The third-order valence-electron chi connectivity index (χ3n) is 1.88. The van der Waals surface area contributed by atoms with E-state index < -0.39 is 12.4 Å². The number of hydrogen-bond donors (Lipinski definition) is 0. The van der Waals surface area contributed by atoms with Crippen molar-refractivity contribution in [3.05, 3.63) is 23.8 Å². The minimum atomic E-state index is -4.90. The Morgan fingerprint density at radius 2 is 1.93 bits per heavy atom. The molecule has 0 aliphatic carbocycles. The molecule has 0 spiro atoms. The molecule has 14 heavy (non-hydrogen) atoms. The Morgan fingerprint density at radius 1 is 1.29 bits per heavy atom. The molecule has 0 heterocycles. The highest BCUT2D eigenvalue weighted by Crippen LogP contribution is 2.18. The first-order valence-electron chi connectivity index (χ1n) is 4.38. The van der Waals surface area contributed by atoms with Gasteiger partial charge in [-0.15, -0.1) is 5.46 Å². The van der Waals surface area contributed by atoms with Crippen molar-refractivity contribution >= 4 is 12.4 Å². The average molecular weight is 203 g/mol. The topological polar surface area (TPSA) is 9.23 Å². The molecule has 0 aliphatic rings. The van der Waals surface area contributed by atoms with Gasteiger partial charge in [-0.25, -0.2) is 0 Å². The summed E-state index contributed by atoms with van der Waals surface area (Å²) in [6.45, 7) is -1.05. The van der Waals surface area contributed by atoms with Crippen LogP contribution in [0.3, 0.4) is 0 Å². The van der Waals surface area contributed by atoms with Gasteiger partial charge in [-0.2, -0.15) is 0 Å². The van der Waals surface area contributed by atoms with E-state index in [2.05, 4.69) is 0 Å². The fourth-order valence-electron chi connectivity index (χ4n) is 1.19. The molecule has 0 N–H and O–H groups in total. The summed E-state index contributed by atoms with van der Waals surface area (Å²) in [5.74, 6) is 0.510. The third kappa shape index (κ3) is 2.43. The van der Waals surface area contributed by atoms with E-state index >= 15 is 0 Å². The summed E-state index contributed by atoms with van der Waals surface area (Å²) in [6.07, 6.45) is 0. The Bertz CT molecular complexity index is 322. The molecule has 0 unspecified atom stereocenters. The summed E-state index contributed by atoms with van der Waals surface area (Å²) in [5, 5.41) is 0. The predicted molar refractivity (Wildman–Crippen MR) is 51.1 cm³/mol. The van der Waals surface area contributed by atoms with Gasteiger partial charge in [-0.3, -0.25) is 0 Å². The number of ether oxygens (including phenoxy) is 1. The first-order chi connectivity index (χ1) is 6.45. The maximum atomic E-state index is 12.3. The fraction of sp³-hybridized carbons (Fsp3) is 0.333. The second-order valence-electron chi connectivity index (χ2n) is 3.03. The van der Waals surface area contributed by atoms with Gasteiger partial charge in [0.15, 0.2) is 0 Å². The first-order valence-corrected chi connectivity index (χ1v) is 4.38. The van der Waals surface area contributed by atoms with Crippen LogP contribution in [0.5, 0.6) is 5.75 Å². The van der Waals surface area contributed by atoms with Gasteiger partial charge < -0.3 is 17.7 Å². The lowest BCUT2D eigenvalue weighted by molar-refractivity contribution is 0.338.